The predicted molar refractivity (Wildman–Crippen MR) is 175 cm³/mol. The molecular formula is C30H45F7N2O7S3. The van der Waals surface area contributed by atoms with E-state index in [0.29, 0.717) is 29.3 Å². The summed E-state index contributed by atoms with van der Waals surface area (Å²) in [6.07, 6.45) is -14.1. The number of nitrogens with zero attached hydrogens (tertiary/aromatic N) is 2. The maximum absolute atomic E-state index is 14.5. The molecule has 0 N–H and O–H groups in total. The van der Waals surface area contributed by atoms with Crippen LogP contribution in [-0.2, 0) is 33.3 Å². The molecule has 9 nitrogen and oxygen atoms in total. The number of likely N-dealkylation sites (N-methyl/N-ethyl adjacent to an activating group) is 1. The van der Waals surface area contributed by atoms with Gasteiger partial charge in [-0.1, -0.05) is 33.0 Å². The molecule has 49 heavy (non-hydrogen) atoms. The number of carbonyl (C=O) groups excluding carboxylic acids is 3. The quantitative estimate of drug-likeness (QED) is 0.0384. The summed E-state index contributed by atoms with van der Waals surface area (Å²) in [5.74, 6) is -11.7. The minimum absolute atomic E-state index is 0.194. The molecule has 0 aromatic rings. The van der Waals surface area contributed by atoms with Gasteiger partial charge in [0.15, 0.2) is 5.41 Å². The van der Waals surface area contributed by atoms with Crippen molar-refractivity contribution in [3.05, 3.63) is 0 Å². The van der Waals surface area contributed by atoms with Gasteiger partial charge in [0.25, 0.3) is 0 Å². The van der Waals surface area contributed by atoms with E-state index in [9.17, 15) is 50.4 Å². The zero-order valence-corrected chi connectivity index (χ0v) is 31.2. The van der Waals surface area contributed by atoms with E-state index in [2.05, 4.69) is 4.74 Å². The molecular weight excluding hydrogens is 730 g/mol. The van der Waals surface area contributed by atoms with E-state index in [1.54, 1.807) is 13.8 Å². The lowest BCUT2D eigenvalue weighted by Crippen LogP contribution is -2.59. The molecule has 19 heteroatoms. The zero-order chi connectivity index (χ0) is 38.5. The second kappa shape index (κ2) is 19.7. The molecule has 3 unspecified atom stereocenters. The summed E-state index contributed by atoms with van der Waals surface area (Å²) in [5.41, 5.74) is -7.94. The van der Waals surface area contributed by atoms with Gasteiger partial charge in [0, 0.05) is 12.3 Å². The van der Waals surface area contributed by atoms with Crippen LogP contribution in [0.15, 0.2) is 0 Å². The number of esters is 3. The molecule has 0 rings (SSSR count). The van der Waals surface area contributed by atoms with E-state index >= 15 is 0 Å². The van der Waals surface area contributed by atoms with Crippen molar-refractivity contribution in [2.75, 3.05) is 51.0 Å². The van der Waals surface area contributed by atoms with Crippen LogP contribution in [-0.4, -0.2) is 102 Å². The van der Waals surface area contributed by atoms with E-state index in [4.69, 9.17) is 26.4 Å². The number of alkyl halides is 7. The highest BCUT2D eigenvalue weighted by molar-refractivity contribution is 8.47. The number of carbonyl (C=O) groups is 3. The topological polar surface area (TPSA) is 115 Å². The van der Waals surface area contributed by atoms with Gasteiger partial charge in [0.1, 0.15) is 16.7 Å². The second-order valence-electron chi connectivity index (χ2n) is 11.9. The molecule has 0 aromatic carbocycles. The second-order valence-corrected chi connectivity index (χ2v) is 15.2. The van der Waals surface area contributed by atoms with Crippen molar-refractivity contribution in [1.82, 2.24) is 4.90 Å². The Kier molecular flexibility index (Phi) is 18.9. The van der Waals surface area contributed by atoms with E-state index in [0.717, 1.165) is 25.1 Å². The van der Waals surface area contributed by atoms with E-state index in [1.165, 1.54) is 24.8 Å². The van der Waals surface area contributed by atoms with Gasteiger partial charge in [-0.05, 0) is 66.3 Å². The molecule has 0 saturated heterocycles. The van der Waals surface area contributed by atoms with Gasteiger partial charge in [0.2, 0.25) is 0 Å². The molecule has 3 atom stereocenters. The van der Waals surface area contributed by atoms with Crippen LogP contribution < -0.4 is 0 Å². The molecule has 0 aliphatic heterocycles. The predicted octanol–water partition coefficient (Wildman–Crippen LogP) is 7.27. The first-order chi connectivity index (χ1) is 22.4. The van der Waals surface area contributed by atoms with E-state index < -0.39 is 65.4 Å². The Bertz CT molecular complexity index is 1170. The molecule has 0 aliphatic carbocycles. The first-order valence-electron chi connectivity index (χ1n) is 15.3. The van der Waals surface area contributed by atoms with Crippen LogP contribution in [0.3, 0.4) is 0 Å². The van der Waals surface area contributed by atoms with Gasteiger partial charge >= 0.3 is 36.1 Å². The SMILES string of the molecule is CCCSC(=S)SCC(C)(CC(C)(C(=O)OC(F)(F)C(F)(F)C(F)(F)F)C(C)(C#N)C(=O)OCCOC(C)C)C(=O)OCCN(CC)CC. The number of nitriles is 1. The minimum Gasteiger partial charge on any atom is -0.464 e. The molecule has 0 heterocycles. The lowest BCUT2D eigenvalue weighted by molar-refractivity contribution is -0.414. The fourth-order valence-corrected chi connectivity index (χ4v) is 6.47. The Labute approximate surface area is 296 Å². The molecule has 284 valence electrons. The molecule has 0 fully saturated rings. The average Bonchev–Trinajstić information content (AvgIpc) is 3.01. The number of hydrogen-bond acceptors (Lipinski definition) is 12. The Morgan fingerprint density at radius 1 is 0.857 bits per heavy atom. The number of hydrogen-bond donors (Lipinski definition) is 0. The van der Waals surface area contributed by atoms with Gasteiger partial charge in [-0.25, -0.2) is 0 Å². The van der Waals surface area contributed by atoms with Crippen molar-refractivity contribution < 1.29 is 64.1 Å². The molecule has 0 aliphatic rings. The zero-order valence-electron chi connectivity index (χ0n) is 28.8. The smallest absolute Gasteiger partial charge is 0.464 e. The highest BCUT2D eigenvalue weighted by Gasteiger charge is 2.77. The summed E-state index contributed by atoms with van der Waals surface area (Å²) in [4.78, 5) is 42.5. The van der Waals surface area contributed by atoms with E-state index in [-0.39, 0.29) is 31.6 Å². The van der Waals surface area contributed by atoms with Gasteiger partial charge in [-0.15, -0.1) is 23.5 Å². The largest absolute Gasteiger partial charge is 0.476 e. The van der Waals surface area contributed by atoms with Crippen LogP contribution >= 0.6 is 35.7 Å². The number of ether oxygens (including phenoxy) is 4. The van der Waals surface area contributed by atoms with Crippen molar-refractivity contribution >= 4 is 57.2 Å². The van der Waals surface area contributed by atoms with Crippen LogP contribution in [0, 0.1) is 27.6 Å². The van der Waals surface area contributed by atoms with E-state index in [1.807, 2.05) is 25.7 Å². The van der Waals surface area contributed by atoms with Gasteiger partial charge < -0.3 is 23.8 Å². The van der Waals surface area contributed by atoms with Gasteiger partial charge in [-0.3, -0.25) is 14.4 Å². The Morgan fingerprint density at radius 2 is 1.41 bits per heavy atom. The summed E-state index contributed by atoms with van der Waals surface area (Å²) in [6.45, 7) is 12.0. The van der Waals surface area contributed by atoms with Gasteiger partial charge in [0.05, 0.1) is 29.6 Å². The normalized spacial score (nSPS) is 16.2. The highest BCUT2D eigenvalue weighted by atomic mass is 32.2. The molecule has 0 spiro atoms. The third-order valence-corrected chi connectivity index (χ3v) is 10.9. The summed E-state index contributed by atoms with van der Waals surface area (Å²) in [6, 6.07) is 1.47. The first kappa shape index (κ1) is 47.1. The number of thioether (sulfide) groups is 2. The van der Waals surface area contributed by atoms with Gasteiger partial charge in [-0.2, -0.15) is 36.0 Å². The summed E-state index contributed by atoms with van der Waals surface area (Å²) < 4.78 is 115. The molecule has 0 aromatic heterocycles. The maximum Gasteiger partial charge on any atom is 0.476 e. The van der Waals surface area contributed by atoms with Crippen LogP contribution in [0.1, 0.15) is 68.2 Å². The summed E-state index contributed by atoms with van der Waals surface area (Å²) >= 11 is 7.49. The van der Waals surface area contributed by atoms with Crippen molar-refractivity contribution in [3.63, 3.8) is 0 Å². The Hall–Kier alpha value is -1.88. The van der Waals surface area contributed by atoms with Crippen molar-refractivity contribution in [2.45, 2.75) is 92.5 Å². The molecule has 0 amide bonds. The maximum atomic E-state index is 14.5. The third-order valence-electron chi connectivity index (χ3n) is 7.60. The van der Waals surface area contributed by atoms with Crippen LogP contribution in [0.2, 0.25) is 0 Å². The third kappa shape index (κ3) is 12.7. The Morgan fingerprint density at radius 3 is 1.88 bits per heavy atom. The first-order valence-corrected chi connectivity index (χ1v) is 17.7. The number of halogens is 7. The average molecular weight is 775 g/mol. The van der Waals surface area contributed by atoms with Crippen LogP contribution in [0.5, 0.6) is 0 Å². The van der Waals surface area contributed by atoms with Crippen LogP contribution in [0.4, 0.5) is 30.7 Å². The number of thiocarbonyl (C=S) groups is 1. The number of rotatable bonds is 21. The summed E-state index contributed by atoms with van der Waals surface area (Å²) in [7, 11) is 0. The molecule has 0 bridgehead atoms. The van der Waals surface area contributed by atoms with Crippen molar-refractivity contribution in [1.29, 1.82) is 5.26 Å². The van der Waals surface area contributed by atoms with Crippen LogP contribution in [0.25, 0.3) is 0 Å². The Balaban J connectivity index is 7.14. The van der Waals surface area contributed by atoms with Crippen molar-refractivity contribution in [2.24, 2.45) is 16.2 Å². The standard InChI is InChI=1S/C30H45F7N2O7S3/c1-9-16-48-24(47)49-19-25(6,21(40)44-13-12-39(10-2)11-3)17-26(7,23(42)46-30(36,37)28(31,32)29(33,34)35)27(8,18-38)22(41)45-15-14-43-20(4)5/h20H,9-17,19H2,1-8H3. The highest BCUT2D eigenvalue weighted by Crippen LogP contribution is 2.53. The molecule has 0 saturated carbocycles. The lowest BCUT2D eigenvalue weighted by Gasteiger charge is -2.43. The summed E-state index contributed by atoms with van der Waals surface area (Å²) in [5, 5.41) is 10.2. The monoisotopic (exact) mass is 774 g/mol. The lowest BCUT2D eigenvalue weighted by atomic mass is 9.59. The fraction of sp³-hybridized carbons (Fsp3) is 0.833. The minimum atomic E-state index is -6.88. The van der Waals surface area contributed by atoms with Crippen molar-refractivity contribution in [3.8, 4) is 6.07 Å². The molecule has 0 radical (unpaired) electrons. The fourth-order valence-electron chi connectivity index (χ4n) is 4.26.